The second-order valence-corrected chi connectivity index (χ2v) is 10.1. The quantitative estimate of drug-likeness (QED) is 0.295. The third-order valence-corrected chi connectivity index (χ3v) is 5.77. The third-order valence-electron chi connectivity index (χ3n) is 5.13. The summed E-state index contributed by atoms with van der Waals surface area (Å²) in [4.78, 5) is 52.9. The van der Waals surface area contributed by atoms with Crippen LogP contribution in [0.15, 0.2) is 24.3 Å². The molecule has 1 aromatic rings. The van der Waals surface area contributed by atoms with Crippen LogP contribution in [0.2, 0.25) is 0 Å². The van der Waals surface area contributed by atoms with E-state index in [0.717, 1.165) is 0 Å². The van der Waals surface area contributed by atoms with Crippen LogP contribution in [0, 0.1) is 12.3 Å². The van der Waals surface area contributed by atoms with E-state index in [2.05, 4.69) is 16.6 Å². The van der Waals surface area contributed by atoms with E-state index in [1.165, 1.54) is 16.7 Å². The van der Waals surface area contributed by atoms with E-state index in [-0.39, 0.29) is 26.1 Å². The summed E-state index contributed by atoms with van der Waals surface area (Å²) < 4.78 is 10.3. The maximum absolute atomic E-state index is 13.8. The Labute approximate surface area is 224 Å². The molecule has 2 unspecified atom stereocenters. The van der Waals surface area contributed by atoms with E-state index in [0.29, 0.717) is 23.3 Å². The lowest BCUT2D eigenvalue weighted by atomic mass is 9.97. The Kier molecular flexibility index (Phi) is 13.6. The second-order valence-electron chi connectivity index (χ2n) is 9.08. The van der Waals surface area contributed by atoms with Crippen molar-refractivity contribution in [3.05, 3.63) is 35.4 Å². The van der Waals surface area contributed by atoms with Gasteiger partial charge in [-0.3, -0.25) is 14.4 Å². The number of carbonyl (C=O) groups excluding carboxylic acids is 4. The van der Waals surface area contributed by atoms with Gasteiger partial charge in [0, 0.05) is 18.7 Å². The normalized spacial score (nSPS) is 12.5. The first-order valence-corrected chi connectivity index (χ1v) is 13.7. The highest BCUT2D eigenvalue weighted by Crippen LogP contribution is 2.26. The van der Waals surface area contributed by atoms with Crippen LogP contribution >= 0.6 is 11.8 Å². The van der Waals surface area contributed by atoms with Crippen LogP contribution in [0.5, 0.6) is 0 Å². The van der Waals surface area contributed by atoms with Crippen molar-refractivity contribution in [2.45, 2.75) is 65.1 Å². The van der Waals surface area contributed by atoms with Crippen molar-refractivity contribution >= 4 is 35.6 Å². The van der Waals surface area contributed by atoms with Gasteiger partial charge in [0.15, 0.2) is 0 Å². The highest BCUT2D eigenvalue weighted by Gasteiger charge is 2.36. The van der Waals surface area contributed by atoms with Gasteiger partial charge in [0.25, 0.3) is 0 Å². The molecule has 1 aromatic carbocycles. The van der Waals surface area contributed by atoms with Crippen LogP contribution in [-0.2, 0) is 23.9 Å². The lowest BCUT2D eigenvalue weighted by Crippen LogP contribution is -2.53. The number of nitrogens with zero attached hydrogens (tertiary/aromatic N) is 1. The molecule has 0 spiro atoms. The minimum absolute atomic E-state index is 0.0142. The minimum atomic E-state index is -1.08. The molecule has 0 bridgehead atoms. The number of esters is 1. The first-order chi connectivity index (χ1) is 17.5. The van der Waals surface area contributed by atoms with E-state index >= 15 is 0 Å². The van der Waals surface area contributed by atoms with Gasteiger partial charge in [0.05, 0.1) is 13.0 Å². The minimum Gasteiger partial charge on any atom is -0.466 e. The van der Waals surface area contributed by atoms with Gasteiger partial charge in [-0.15, -0.1) is 6.42 Å². The number of ether oxygens (including phenoxy) is 2. The molecule has 0 aliphatic rings. The number of rotatable bonds is 13. The summed E-state index contributed by atoms with van der Waals surface area (Å²) in [5.74, 6) is 1.79. The lowest BCUT2D eigenvalue weighted by Gasteiger charge is -2.34. The van der Waals surface area contributed by atoms with Crippen LogP contribution < -0.4 is 10.6 Å². The van der Waals surface area contributed by atoms with Crippen LogP contribution in [-0.4, -0.2) is 72.1 Å². The van der Waals surface area contributed by atoms with Crippen LogP contribution in [0.4, 0.5) is 4.79 Å². The maximum atomic E-state index is 13.8. The Morgan fingerprint density at radius 1 is 1.16 bits per heavy atom. The number of alkyl carbamates (subject to hydrolysis) is 1. The molecule has 10 heteroatoms. The monoisotopic (exact) mass is 533 g/mol. The Hall–Kier alpha value is -3.19. The van der Waals surface area contributed by atoms with Gasteiger partial charge in [-0.05, 0) is 64.7 Å². The van der Waals surface area contributed by atoms with E-state index in [4.69, 9.17) is 15.9 Å². The molecule has 204 valence electrons. The Morgan fingerprint density at radius 2 is 1.84 bits per heavy atom. The summed E-state index contributed by atoms with van der Waals surface area (Å²) in [5.41, 5.74) is 0.184. The number of amides is 3. The molecule has 0 fully saturated rings. The molecule has 0 aliphatic carbocycles. The maximum Gasteiger partial charge on any atom is 0.408 e. The van der Waals surface area contributed by atoms with Crippen molar-refractivity contribution in [2.75, 3.05) is 31.7 Å². The summed E-state index contributed by atoms with van der Waals surface area (Å²) in [7, 11) is 0. The van der Waals surface area contributed by atoms with Crippen molar-refractivity contribution in [1.29, 1.82) is 0 Å². The topological polar surface area (TPSA) is 114 Å². The van der Waals surface area contributed by atoms with E-state index in [1.54, 1.807) is 58.9 Å². The van der Waals surface area contributed by atoms with Gasteiger partial charge >= 0.3 is 12.1 Å². The fourth-order valence-corrected chi connectivity index (χ4v) is 4.02. The van der Waals surface area contributed by atoms with Crippen molar-refractivity contribution in [2.24, 2.45) is 0 Å². The van der Waals surface area contributed by atoms with Crippen molar-refractivity contribution in [3.63, 3.8) is 0 Å². The van der Waals surface area contributed by atoms with Crippen LogP contribution in [0.3, 0.4) is 0 Å². The van der Waals surface area contributed by atoms with Crippen molar-refractivity contribution < 1.29 is 28.7 Å². The SMILES string of the molecule is C#Cc1ccccc1C(C(=O)NCCC(=O)OCC)N(CC)C(=O)C(CCSC)NC(=O)OC(C)(C)C. The molecule has 9 nitrogen and oxygen atoms in total. The number of terminal acetylenes is 1. The predicted octanol–water partition coefficient (Wildman–Crippen LogP) is 3.27. The molecule has 1 rings (SSSR count). The molecule has 37 heavy (non-hydrogen) atoms. The number of nitrogens with one attached hydrogen (secondary N) is 2. The molecule has 0 aromatic heterocycles. The Bertz CT molecular complexity index is 970. The number of thioether (sulfide) groups is 1. The van der Waals surface area contributed by atoms with E-state index < -0.39 is 41.6 Å². The molecular formula is C27H39N3O6S. The molecule has 0 heterocycles. The van der Waals surface area contributed by atoms with Crippen molar-refractivity contribution in [1.82, 2.24) is 15.5 Å². The number of hydrogen-bond acceptors (Lipinski definition) is 7. The van der Waals surface area contributed by atoms with Gasteiger partial charge in [0.1, 0.15) is 17.7 Å². The molecule has 0 aliphatic heterocycles. The first-order valence-electron chi connectivity index (χ1n) is 12.3. The largest absolute Gasteiger partial charge is 0.466 e. The summed E-state index contributed by atoms with van der Waals surface area (Å²) >= 11 is 1.53. The highest BCUT2D eigenvalue weighted by atomic mass is 32.2. The number of carbonyl (C=O) groups is 4. The standard InChI is InChI=1S/C27H39N3O6S/c1-8-19-13-11-12-14-20(19)23(24(32)28-17-15-22(31)35-10-3)30(9-2)25(33)21(16-18-37-7)29-26(34)36-27(4,5)6/h1,11-14,21,23H,9-10,15-18H2,2-7H3,(H,28,32)(H,29,34). The number of benzene rings is 1. The van der Waals surface area contributed by atoms with Gasteiger partial charge in [-0.1, -0.05) is 24.1 Å². The Morgan fingerprint density at radius 3 is 2.41 bits per heavy atom. The Balaban J connectivity index is 3.34. The smallest absolute Gasteiger partial charge is 0.408 e. The zero-order chi connectivity index (χ0) is 28.0. The van der Waals surface area contributed by atoms with Crippen molar-refractivity contribution in [3.8, 4) is 12.3 Å². The van der Waals surface area contributed by atoms with Gasteiger partial charge in [-0.2, -0.15) is 11.8 Å². The molecule has 0 radical (unpaired) electrons. The van der Waals surface area contributed by atoms with E-state index in [9.17, 15) is 19.2 Å². The predicted molar refractivity (Wildman–Crippen MR) is 145 cm³/mol. The fourth-order valence-electron chi connectivity index (χ4n) is 3.54. The third kappa shape index (κ3) is 10.8. The number of hydrogen-bond donors (Lipinski definition) is 2. The molecule has 3 amide bonds. The first kappa shape index (κ1) is 31.8. The molecule has 0 saturated carbocycles. The summed E-state index contributed by atoms with van der Waals surface area (Å²) in [6.45, 7) is 9.08. The fraction of sp³-hybridized carbons (Fsp3) is 0.556. The second kappa shape index (κ2) is 15.8. The number of likely N-dealkylation sites (N-methyl/N-ethyl adjacent to an activating group) is 1. The summed E-state index contributed by atoms with van der Waals surface area (Å²) in [6.07, 6.45) is 7.21. The van der Waals surface area contributed by atoms with Gasteiger partial charge < -0.3 is 25.0 Å². The molecule has 0 saturated heterocycles. The van der Waals surface area contributed by atoms with Crippen LogP contribution in [0.1, 0.15) is 64.6 Å². The molecule has 2 atom stereocenters. The van der Waals surface area contributed by atoms with Gasteiger partial charge in [-0.25, -0.2) is 4.79 Å². The molecule has 2 N–H and O–H groups in total. The zero-order valence-corrected chi connectivity index (χ0v) is 23.4. The van der Waals surface area contributed by atoms with Crippen LogP contribution in [0.25, 0.3) is 0 Å². The zero-order valence-electron chi connectivity index (χ0n) is 22.6. The summed E-state index contributed by atoms with van der Waals surface area (Å²) in [6, 6.07) is 4.87. The van der Waals surface area contributed by atoms with Gasteiger partial charge in [0.2, 0.25) is 11.8 Å². The average molecular weight is 534 g/mol. The molecular weight excluding hydrogens is 494 g/mol. The average Bonchev–Trinajstić information content (AvgIpc) is 2.83. The lowest BCUT2D eigenvalue weighted by molar-refractivity contribution is -0.144. The highest BCUT2D eigenvalue weighted by molar-refractivity contribution is 7.98. The summed E-state index contributed by atoms with van der Waals surface area (Å²) in [5, 5.41) is 5.40. The van der Waals surface area contributed by atoms with E-state index in [1.807, 2.05) is 6.26 Å².